The number of rotatable bonds is 2. The maximum Gasteiger partial charge on any atom is 0.159 e. The summed E-state index contributed by atoms with van der Waals surface area (Å²) >= 11 is 0. The van der Waals surface area contributed by atoms with Crippen molar-refractivity contribution in [1.82, 2.24) is 14.5 Å². The van der Waals surface area contributed by atoms with Crippen molar-refractivity contribution < 1.29 is 4.39 Å². The highest BCUT2D eigenvalue weighted by atomic mass is 19.1. The van der Waals surface area contributed by atoms with Crippen LogP contribution in [0.5, 0.6) is 0 Å². The molecule has 21 heavy (non-hydrogen) atoms. The van der Waals surface area contributed by atoms with Gasteiger partial charge in [0.15, 0.2) is 5.65 Å². The summed E-state index contributed by atoms with van der Waals surface area (Å²) in [6, 6.07) is 8.44. The van der Waals surface area contributed by atoms with E-state index in [2.05, 4.69) is 16.9 Å². The summed E-state index contributed by atoms with van der Waals surface area (Å²) in [5.74, 6) is -0.230. The van der Waals surface area contributed by atoms with Crippen molar-refractivity contribution >= 4 is 11.2 Å². The average Bonchev–Trinajstić information content (AvgIpc) is 2.86. The van der Waals surface area contributed by atoms with Crippen LogP contribution >= 0.6 is 0 Å². The fourth-order valence-electron chi connectivity index (χ4n) is 2.18. The Labute approximate surface area is 124 Å². The molecule has 0 spiro atoms. The molecule has 0 unspecified atom stereocenters. The predicted molar refractivity (Wildman–Crippen MR) is 84.6 cm³/mol. The summed E-state index contributed by atoms with van der Waals surface area (Å²) in [4.78, 5) is 9.00. The number of hydrogen-bond donors (Lipinski definition) is 0. The first-order valence-corrected chi connectivity index (χ1v) is 7.26. The van der Waals surface area contributed by atoms with Gasteiger partial charge in [-0.05, 0) is 42.3 Å². The molecule has 0 fully saturated rings. The van der Waals surface area contributed by atoms with E-state index in [0.29, 0.717) is 0 Å². The van der Waals surface area contributed by atoms with Gasteiger partial charge >= 0.3 is 0 Å². The molecule has 0 amide bonds. The molecule has 0 aliphatic carbocycles. The average molecular weight is 285 g/mol. The first-order chi connectivity index (χ1) is 10.2. The van der Waals surface area contributed by atoms with Crippen molar-refractivity contribution in [2.45, 2.75) is 27.2 Å². The van der Waals surface area contributed by atoms with Crippen LogP contribution in [0.3, 0.4) is 0 Å². The van der Waals surface area contributed by atoms with E-state index < -0.39 is 0 Å². The molecule has 0 atom stereocenters. The maximum absolute atomic E-state index is 13.0. The Morgan fingerprint density at radius 2 is 1.81 bits per heavy atom. The molecule has 0 saturated heterocycles. The van der Waals surface area contributed by atoms with Crippen LogP contribution in [0.25, 0.3) is 22.4 Å². The van der Waals surface area contributed by atoms with Crippen LogP contribution in [-0.2, 0) is 13.5 Å². The molecule has 2 aromatic heterocycles. The van der Waals surface area contributed by atoms with E-state index in [4.69, 9.17) is 0 Å². The summed E-state index contributed by atoms with van der Waals surface area (Å²) in [5, 5.41) is 0. The summed E-state index contributed by atoms with van der Waals surface area (Å²) in [5.41, 5.74) is 4.64. The lowest BCUT2D eigenvalue weighted by Gasteiger charge is -2.04. The summed E-state index contributed by atoms with van der Waals surface area (Å²) in [6.45, 7) is 6.06. The van der Waals surface area contributed by atoms with Crippen molar-refractivity contribution in [3.8, 4) is 11.3 Å². The van der Waals surface area contributed by atoms with Crippen molar-refractivity contribution in [2.24, 2.45) is 7.05 Å². The maximum atomic E-state index is 13.0. The van der Waals surface area contributed by atoms with Gasteiger partial charge in [0.1, 0.15) is 11.3 Å². The molecular formula is C17H20FN3. The zero-order chi connectivity index (χ0) is 15.4. The summed E-state index contributed by atoms with van der Waals surface area (Å²) < 4.78 is 15.0. The number of aromatic nitrogens is 3. The smallest absolute Gasteiger partial charge is 0.159 e. The molecule has 0 aliphatic rings. The van der Waals surface area contributed by atoms with Gasteiger partial charge in [0, 0.05) is 13.2 Å². The van der Waals surface area contributed by atoms with Crippen molar-refractivity contribution in [3.05, 3.63) is 48.0 Å². The predicted octanol–water partition coefficient (Wildman–Crippen LogP) is 4.36. The zero-order valence-corrected chi connectivity index (χ0v) is 12.9. The van der Waals surface area contributed by atoms with Gasteiger partial charge in [-0.1, -0.05) is 20.8 Å². The van der Waals surface area contributed by atoms with Crippen LogP contribution < -0.4 is 0 Å². The standard InChI is InChI=1S/C15H14FN3.C2H6/c1-3-12-9-17-13-8-14(19(2)15(13)18-12)10-4-6-11(16)7-5-10;1-2/h4-9H,3H2,1-2H3;1-2H3. The highest BCUT2D eigenvalue weighted by Gasteiger charge is 2.10. The Morgan fingerprint density at radius 3 is 2.43 bits per heavy atom. The number of hydrogen-bond acceptors (Lipinski definition) is 2. The lowest BCUT2D eigenvalue weighted by atomic mass is 10.1. The Balaban J connectivity index is 0.000000774. The van der Waals surface area contributed by atoms with E-state index in [1.54, 1.807) is 18.3 Å². The number of aryl methyl sites for hydroxylation is 2. The van der Waals surface area contributed by atoms with E-state index in [9.17, 15) is 4.39 Å². The Hall–Kier alpha value is -2.23. The SMILES string of the molecule is CC.CCc1cnc2cc(-c3ccc(F)cc3)n(C)c2n1. The van der Waals surface area contributed by atoms with Gasteiger partial charge in [0.25, 0.3) is 0 Å². The van der Waals surface area contributed by atoms with Gasteiger partial charge < -0.3 is 4.57 Å². The highest BCUT2D eigenvalue weighted by molar-refractivity contribution is 5.80. The van der Waals surface area contributed by atoms with E-state index in [1.165, 1.54) is 12.1 Å². The van der Waals surface area contributed by atoms with Gasteiger partial charge in [0.2, 0.25) is 0 Å². The largest absolute Gasteiger partial charge is 0.327 e. The van der Waals surface area contributed by atoms with E-state index >= 15 is 0 Å². The van der Waals surface area contributed by atoms with Gasteiger partial charge in [-0.15, -0.1) is 0 Å². The summed E-state index contributed by atoms with van der Waals surface area (Å²) in [6.07, 6.45) is 2.66. The van der Waals surface area contributed by atoms with Gasteiger partial charge in [-0.3, -0.25) is 4.98 Å². The van der Waals surface area contributed by atoms with Gasteiger partial charge in [-0.25, -0.2) is 9.37 Å². The van der Waals surface area contributed by atoms with Crippen LogP contribution in [0.2, 0.25) is 0 Å². The molecular weight excluding hydrogens is 265 g/mol. The fraction of sp³-hybridized carbons (Fsp3) is 0.294. The van der Waals surface area contributed by atoms with Crippen LogP contribution in [0.4, 0.5) is 4.39 Å². The highest BCUT2D eigenvalue weighted by Crippen LogP contribution is 2.25. The first kappa shape index (κ1) is 15.2. The molecule has 0 radical (unpaired) electrons. The van der Waals surface area contributed by atoms with Crippen molar-refractivity contribution in [2.75, 3.05) is 0 Å². The molecule has 3 aromatic rings. The quantitative estimate of drug-likeness (QED) is 0.700. The molecule has 2 heterocycles. The second kappa shape index (κ2) is 6.48. The fourth-order valence-corrected chi connectivity index (χ4v) is 2.18. The Bertz CT molecular complexity index is 730. The van der Waals surface area contributed by atoms with E-state index in [1.807, 2.05) is 31.5 Å². The third kappa shape index (κ3) is 2.94. The van der Waals surface area contributed by atoms with Crippen LogP contribution in [0, 0.1) is 5.82 Å². The van der Waals surface area contributed by atoms with Crippen LogP contribution in [0.15, 0.2) is 36.5 Å². The number of fused-ring (bicyclic) bond motifs is 1. The monoisotopic (exact) mass is 285 g/mol. The molecule has 3 nitrogen and oxygen atoms in total. The lowest BCUT2D eigenvalue weighted by molar-refractivity contribution is 0.628. The van der Waals surface area contributed by atoms with E-state index in [0.717, 1.165) is 34.5 Å². The van der Waals surface area contributed by atoms with Crippen molar-refractivity contribution in [3.63, 3.8) is 0 Å². The minimum absolute atomic E-state index is 0.230. The lowest BCUT2D eigenvalue weighted by Crippen LogP contribution is -1.96. The Morgan fingerprint density at radius 1 is 1.14 bits per heavy atom. The van der Waals surface area contributed by atoms with Gasteiger partial charge in [0.05, 0.1) is 11.4 Å². The second-order valence-corrected chi connectivity index (χ2v) is 4.52. The molecule has 3 rings (SSSR count). The Kier molecular flexibility index (Phi) is 4.68. The molecule has 0 aliphatic heterocycles. The molecule has 1 aromatic carbocycles. The van der Waals surface area contributed by atoms with E-state index in [-0.39, 0.29) is 5.82 Å². The zero-order valence-electron chi connectivity index (χ0n) is 12.9. The summed E-state index contributed by atoms with van der Waals surface area (Å²) in [7, 11) is 1.95. The second-order valence-electron chi connectivity index (χ2n) is 4.52. The third-order valence-corrected chi connectivity index (χ3v) is 3.29. The number of nitrogens with zero attached hydrogens (tertiary/aromatic N) is 3. The normalized spacial score (nSPS) is 10.3. The van der Waals surface area contributed by atoms with Crippen LogP contribution in [0.1, 0.15) is 26.5 Å². The molecule has 0 N–H and O–H groups in total. The topological polar surface area (TPSA) is 30.7 Å². The molecule has 110 valence electrons. The van der Waals surface area contributed by atoms with Crippen LogP contribution in [-0.4, -0.2) is 14.5 Å². The first-order valence-electron chi connectivity index (χ1n) is 7.26. The minimum Gasteiger partial charge on any atom is -0.327 e. The minimum atomic E-state index is -0.230. The molecule has 4 heteroatoms. The number of halogens is 1. The van der Waals surface area contributed by atoms with Crippen molar-refractivity contribution in [1.29, 1.82) is 0 Å². The third-order valence-electron chi connectivity index (χ3n) is 3.29. The molecule has 0 saturated carbocycles. The van der Waals surface area contributed by atoms with Gasteiger partial charge in [-0.2, -0.15) is 0 Å². The number of benzene rings is 1. The molecule has 0 bridgehead atoms.